The normalized spacial score (nSPS) is 20.2. The summed E-state index contributed by atoms with van der Waals surface area (Å²) in [5, 5.41) is 16.4. The summed E-state index contributed by atoms with van der Waals surface area (Å²) in [5.41, 5.74) is 1.03. The third kappa shape index (κ3) is 3.96. The molecule has 6 heteroatoms. The second-order valence-electron chi connectivity index (χ2n) is 6.62. The number of rotatable bonds is 4. The van der Waals surface area contributed by atoms with Crippen LogP contribution < -0.4 is 10.7 Å². The van der Waals surface area contributed by atoms with Gasteiger partial charge in [0.05, 0.1) is 5.69 Å². The molecule has 1 amide bonds. The van der Waals surface area contributed by atoms with Crippen LogP contribution in [-0.4, -0.2) is 33.4 Å². The van der Waals surface area contributed by atoms with Crippen LogP contribution in [-0.2, 0) is 0 Å². The molecule has 0 atom stereocenters. The molecule has 1 aromatic carbocycles. The molecule has 6 nitrogen and oxygen atoms in total. The number of aromatic nitrogens is 2. The van der Waals surface area contributed by atoms with Gasteiger partial charge in [0, 0.05) is 24.4 Å². The smallest absolute Gasteiger partial charge is 0.276 e. The third-order valence-corrected chi connectivity index (χ3v) is 4.76. The Balaban J connectivity index is 1.80. The van der Waals surface area contributed by atoms with Crippen molar-refractivity contribution in [3.8, 4) is 5.69 Å². The molecule has 1 aliphatic rings. The van der Waals surface area contributed by atoms with Crippen LogP contribution in [0.2, 0.25) is 0 Å². The molecule has 2 aromatic rings. The standard InChI is InChI=1S/C19H23N3O3/c1-13-11-17(24)18(21-22(13)16-5-3-2-4-6-16)19(25)20-15-9-7-14(12-23)8-10-15/h2-6,11,14-15,23H,7-10,12H2,1H3,(H,20,25). The van der Waals surface area contributed by atoms with Gasteiger partial charge in [-0.05, 0) is 50.7 Å². The van der Waals surface area contributed by atoms with Crippen LogP contribution in [0.25, 0.3) is 5.69 Å². The van der Waals surface area contributed by atoms with Gasteiger partial charge in [0.15, 0.2) is 5.69 Å². The largest absolute Gasteiger partial charge is 0.396 e. The summed E-state index contributed by atoms with van der Waals surface area (Å²) in [6.07, 6.45) is 3.40. The van der Waals surface area contributed by atoms with Crippen LogP contribution >= 0.6 is 0 Å². The molecule has 0 radical (unpaired) electrons. The lowest BCUT2D eigenvalue weighted by molar-refractivity contribution is 0.0906. The van der Waals surface area contributed by atoms with Gasteiger partial charge in [-0.25, -0.2) is 4.68 Å². The van der Waals surface area contributed by atoms with Gasteiger partial charge >= 0.3 is 0 Å². The van der Waals surface area contributed by atoms with E-state index >= 15 is 0 Å². The monoisotopic (exact) mass is 341 g/mol. The zero-order chi connectivity index (χ0) is 17.8. The Morgan fingerprint density at radius 1 is 1.24 bits per heavy atom. The first-order chi connectivity index (χ1) is 12.1. The number of para-hydroxylation sites is 1. The summed E-state index contributed by atoms with van der Waals surface area (Å²) >= 11 is 0. The predicted octanol–water partition coefficient (Wildman–Crippen LogP) is 1.82. The molecule has 0 bridgehead atoms. The Hall–Kier alpha value is -2.47. The van der Waals surface area contributed by atoms with Gasteiger partial charge in [-0.3, -0.25) is 9.59 Å². The molecule has 0 unspecified atom stereocenters. The Bertz CT molecular complexity index is 793. The third-order valence-electron chi connectivity index (χ3n) is 4.76. The lowest BCUT2D eigenvalue weighted by Crippen LogP contribution is -2.41. The first-order valence-electron chi connectivity index (χ1n) is 8.66. The number of hydrogen-bond donors (Lipinski definition) is 2. The summed E-state index contributed by atoms with van der Waals surface area (Å²) < 4.78 is 1.61. The van der Waals surface area contributed by atoms with Gasteiger partial charge in [-0.2, -0.15) is 5.10 Å². The molecule has 1 saturated carbocycles. The molecule has 1 aromatic heterocycles. The zero-order valence-electron chi connectivity index (χ0n) is 14.3. The molecule has 0 saturated heterocycles. The number of benzene rings is 1. The summed E-state index contributed by atoms with van der Waals surface area (Å²) in [6, 6.07) is 10.9. The van der Waals surface area contributed by atoms with Crippen LogP contribution in [0.15, 0.2) is 41.2 Å². The molecule has 1 heterocycles. The molecular weight excluding hydrogens is 318 g/mol. The Labute approximate surface area is 146 Å². The molecule has 0 aliphatic heterocycles. The van der Waals surface area contributed by atoms with E-state index in [0.29, 0.717) is 11.6 Å². The van der Waals surface area contributed by atoms with E-state index < -0.39 is 5.91 Å². The van der Waals surface area contributed by atoms with E-state index in [1.54, 1.807) is 11.6 Å². The average molecular weight is 341 g/mol. The van der Waals surface area contributed by atoms with E-state index in [1.807, 2.05) is 30.3 Å². The lowest BCUT2D eigenvalue weighted by atomic mass is 9.86. The van der Waals surface area contributed by atoms with Gasteiger partial charge in [-0.1, -0.05) is 18.2 Å². The van der Waals surface area contributed by atoms with E-state index in [2.05, 4.69) is 10.4 Å². The second-order valence-corrected chi connectivity index (χ2v) is 6.62. The molecule has 132 valence electrons. The van der Waals surface area contributed by atoms with Gasteiger partial charge in [0.25, 0.3) is 5.91 Å². The number of hydrogen-bond acceptors (Lipinski definition) is 4. The van der Waals surface area contributed by atoms with Crippen molar-refractivity contribution >= 4 is 5.91 Å². The van der Waals surface area contributed by atoms with Crippen molar-refractivity contribution in [2.24, 2.45) is 5.92 Å². The number of nitrogens with zero attached hydrogens (tertiary/aromatic N) is 2. The SMILES string of the molecule is Cc1cc(=O)c(C(=O)NC2CCC(CO)CC2)nn1-c1ccccc1. The van der Waals surface area contributed by atoms with E-state index in [-0.39, 0.29) is 23.8 Å². The van der Waals surface area contributed by atoms with Crippen LogP contribution in [0.4, 0.5) is 0 Å². The zero-order valence-corrected chi connectivity index (χ0v) is 14.3. The lowest BCUT2D eigenvalue weighted by Gasteiger charge is -2.27. The first kappa shape index (κ1) is 17.4. The minimum absolute atomic E-state index is 0.0305. The van der Waals surface area contributed by atoms with E-state index in [9.17, 15) is 14.7 Å². The summed E-state index contributed by atoms with van der Waals surface area (Å²) in [7, 11) is 0. The number of aliphatic hydroxyl groups excluding tert-OH is 1. The Morgan fingerprint density at radius 3 is 2.56 bits per heavy atom. The summed E-state index contributed by atoms with van der Waals surface area (Å²) in [4.78, 5) is 24.8. The Morgan fingerprint density at radius 2 is 1.92 bits per heavy atom. The van der Waals surface area contributed by atoms with Crippen molar-refractivity contribution in [2.75, 3.05) is 6.61 Å². The van der Waals surface area contributed by atoms with E-state index in [1.165, 1.54) is 6.07 Å². The minimum atomic E-state index is -0.429. The van der Waals surface area contributed by atoms with Gasteiger partial charge < -0.3 is 10.4 Å². The van der Waals surface area contributed by atoms with Crippen molar-refractivity contribution in [3.63, 3.8) is 0 Å². The summed E-state index contributed by atoms with van der Waals surface area (Å²) in [5.74, 6) is -0.108. The van der Waals surface area contributed by atoms with Crippen molar-refractivity contribution in [2.45, 2.75) is 38.6 Å². The highest BCUT2D eigenvalue weighted by molar-refractivity contribution is 5.92. The van der Waals surface area contributed by atoms with Crippen molar-refractivity contribution in [1.29, 1.82) is 0 Å². The molecule has 3 rings (SSSR count). The highest BCUT2D eigenvalue weighted by Gasteiger charge is 2.24. The fraction of sp³-hybridized carbons (Fsp3) is 0.421. The quantitative estimate of drug-likeness (QED) is 0.888. The number of amides is 1. The van der Waals surface area contributed by atoms with Crippen molar-refractivity contribution in [1.82, 2.24) is 15.1 Å². The maximum atomic E-state index is 12.5. The van der Waals surface area contributed by atoms with Crippen molar-refractivity contribution < 1.29 is 9.90 Å². The highest BCUT2D eigenvalue weighted by atomic mass is 16.3. The van der Waals surface area contributed by atoms with Gasteiger partial charge in [0.1, 0.15) is 0 Å². The topological polar surface area (TPSA) is 84.2 Å². The number of carbonyl (C=O) groups excluding carboxylic acids is 1. The van der Waals surface area contributed by atoms with Gasteiger partial charge in [0.2, 0.25) is 5.43 Å². The molecule has 2 N–H and O–H groups in total. The highest BCUT2D eigenvalue weighted by Crippen LogP contribution is 2.23. The molecular formula is C19H23N3O3. The van der Waals surface area contributed by atoms with E-state index in [0.717, 1.165) is 31.4 Å². The van der Waals surface area contributed by atoms with Crippen LogP contribution in [0.1, 0.15) is 41.9 Å². The molecule has 1 fully saturated rings. The fourth-order valence-corrected chi connectivity index (χ4v) is 3.28. The minimum Gasteiger partial charge on any atom is -0.396 e. The number of aliphatic hydroxyl groups is 1. The van der Waals surface area contributed by atoms with Crippen LogP contribution in [0.3, 0.4) is 0 Å². The van der Waals surface area contributed by atoms with E-state index in [4.69, 9.17) is 0 Å². The second kappa shape index (κ2) is 7.61. The summed E-state index contributed by atoms with van der Waals surface area (Å²) in [6.45, 7) is 1.99. The Kier molecular flexibility index (Phi) is 5.28. The van der Waals surface area contributed by atoms with Crippen molar-refractivity contribution in [3.05, 3.63) is 58.0 Å². The van der Waals surface area contributed by atoms with Gasteiger partial charge in [-0.15, -0.1) is 0 Å². The average Bonchev–Trinajstić information content (AvgIpc) is 2.63. The maximum Gasteiger partial charge on any atom is 0.276 e. The molecule has 0 spiro atoms. The number of carbonyl (C=O) groups is 1. The molecule has 25 heavy (non-hydrogen) atoms. The predicted molar refractivity (Wildman–Crippen MR) is 94.9 cm³/mol. The first-order valence-corrected chi connectivity index (χ1v) is 8.66. The maximum absolute atomic E-state index is 12.5. The van der Waals surface area contributed by atoms with Crippen LogP contribution in [0, 0.1) is 12.8 Å². The van der Waals surface area contributed by atoms with Crippen LogP contribution in [0.5, 0.6) is 0 Å². The number of nitrogens with one attached hydrogen (secondary N) is 1. The number of aryl methyl sites for hydroxylation is 1. The molecule has 1 aliphatic carbocycles. The fourth-order valence-electron chi connectivity index (χ4n) is 3.28.